The standard InChI is InChI=1S/C37H58O4/c1-11-35(5,6)27(3)38-25-29-13-15-30(16-14-29)26-39-28(4)40-33-21-17-31(18-22-33)37(9,10)32-19-23-34(24-20-32)41-36(7,8)12-2/h17-24,27-30H,11-16,25-26H2,1-10H3. The van der Waals surface area contributed by atoms with Crippen molar-refractivity contribution in [2.75, 3.05) is 13.2 Å². The summed E-state index contributed by atoms with van der Waals surface area (Å²) >= 11 is 0. The number of hydrogen-bond acceptors (Lipinski definition) is 4. The van der Waals surface area contributed by atoms with E-state index in [2.05, 4.69) is 111 Å². The fourth-order valence-corrected chi connectivity index (χ4v) is 5.30. The molecule has 4 heteroatoms. The van der Waals surface area contributed by atoms with Gasteiger partial charge < -0.3 is 18.9 Å². The molecule has 0 amide bonds. The third-order valence-corrected chi connectivity index (χ3v) is 9.83. The Bertz CT molecular complexity index is 1030. The Balaban J connectivity index is 1.43. The number of rotatable bonds is 15. The van der Waals surface area contributed by atoms with E-state index in [1.54, 1.807) is 0 Å². The number of hydrogen-bond donors (Lipinski definition) is 0. The van der Waals surface area contributed by atoms with Crippen molar-refractivity contribution in [1.82, 2.24) is 0 Å². The molecule has 3 rings (SSSR count). The van der Waals surface area contributed by atoms with Gasteiger partial charge in [-0.05, 0) is 119 Å². The predicted octanol–water partition coefficient (Wildman–Crippen LogP) is 9.97. The molecule has 1 saturated carbocycles. The summed E-state index contributed by atoms with van der Waals surface area (Å²) in [6.45, 7) is 23.6. The molecule has 2 aromatic carbocycles. The third kappa shape index (κ3) is 9.75. The Morgan fingerprint density at radius 2 is 1.12 bits per heavy atom. The normalized spacial score (nSPS) is 20.0. The first kappa shape index (κ1) is 33.5. The van der Waals surface area contributed by atoms with Crippen LogP contribution >= 0.6 is 0 Å². The first-order valence-corrected chi connectivity index (χ1v) is 16.1. The van der Waals surface area contributed by atoms with Gasteiger partial charge in [0.15, 0.2) is 6.29 Å². The van der Waals surface area contributed by atoms with Crippen LogP contribution in [0, 0.1) is 17.3 Å². The van der Waals surface area contributed by atoms with Gasteiger partial charge in [0.2, 0.25) is 0 Å². The van der Waals surface area contributed by atoms with E-state index in [9.17, 15) is 0 Å². The van der Waals surface area contributed by atoms with Crippen molar-refractivity contribution >= 4 is 0 Å². The third-order valence-electron chi connectivity index (χ3n) is 9.83. The van der Waals surface area contributed by atoms with Gasteiger partial charge >= 0.3 is 0 Å². The van der Waals surface area contributed by atoms with Crippen molar-refractivity contribution in [2.45, 2.75) is 131 Å². The molecule has 0 aromatic heterocycles. The topological polar surface area (TPSA) is 36.9 Å². The summed E-state index contributed by atoms with van der Waals surface area (Å²) in [6, 6.07) is 17.0. The molecule has 1 aliphatic rings. The van der Waals surface area contributed by atoms with Crippen molar-refractivity contribution in [2.24, 2.45) is 17.3 Å². The van der Waals surface area contributed by atoms with Gasteiger partial charge in [0.05, 0.1) is 12.7 Å². The van der Waals surface area contributed by atoms with Gasteiger partial charge in [0, 0.05) is 12.0 Å². The Morgan fingerprint density at radius 1 is 0.659 bits per heavy atom. The first-order chi connectivity index (χ1) is 19.3. The van der Waals surface area contributed by atoms with Crippen molar-refractivity contribution in [3.8, 4) is 11.5 Å². The van der Waals surface area contributed by atoms with Crippen LogP contribution in [-0.4, -0.2) is 31.2 Å². The average Bonchev–Trinajstić information content (AvgIpc) is 2.95. The largest absolute Gasteiger partial charge is 0.488 e. The minimum Gasteiger partial charge on any atom is -0.488 e. The molecule has 0 spiro atoms. The molecule has 4 nitrogen and oxygen atoms in total. The van der Waals surface area contributed by atoms with Gasteiger partial charge in [-0.1, -0.05) is 65.8 Å². The second-order valence-corrected chi connectivity index (χ2v) is 14.1. The maximum Gasteiger partial charge on any atom is 0.196 e. The van der Waals surface area contributed by atoms with Crippen molar-refractivity contribution in [1.29, 1.82) is 0 Å². The Labute approximate surface area is 251 Å². The zero-order chi connectivity index (χ0) is 30.3. The molecule has 2 atom stereocenters. The van der Waals surface area contributed by atoms with E-state index in [0.717, 1.165) is 37.6 Å². The summed E-state index contributed by atoms with van der Waals surface area (Å²) in [5, 5.41) is 0. The molecule has 41 heavy (non-hydrogen) atoms. The lowest BCUT2D eigenvalue weighted by atomic mass is 9.78. The van der Waals surface area contributed by atoms with Gasteiger partial charge in [0.1, 0.15) is 17.1 Å². The van der Waals surface area contributed by atoms with Gasteiger partial charge in [-0.15, -0.1) is 0 Å². The summed E-state index contributed by atoms with van der Waals surface area (Å²) in [5.41, 5.74) is 2.45. The van der Waals surface area contributed by atoms with Crippen LogP contribution in [-0.2, 0) is 14.9 Å². The monoisotopic (exact) mass is 566 g/mol. The Morgan fingerprint density at radius 3 is 1.59 bits per heavy atom. The van der Waals surface area contributed by atoms with Crippen LogP contribution in [0.15, 0.2) is 48.5 Å². The van der Waals surface area contributed by atoms with E-state index in [-0.39, 0.29) is 22.7 Å². The smallest absolute Gasteiger partial charge is 0.196 e. The van der Waals surface area contributed by atoms with Gasteiger partial charge in [-0.2, -0.15) is 0 Å². The Kier molecular flexibility index (Phi) is 11.8. The summed E-state index contributed by atoms with van der Waals surface area (Å²) in [5.74, 6) is 3.04. The van der Waals surface area contributed by atoms with Crippen LogP contribution in [0.2, 0.25) is 0 Å². The second-order valence-electron chi connectivity index (χ2n) is 14.1. The molecule has 230 valence electrons. The quantitative estimate of drug-likeness (QED) is 0.201. The van der Waals surface area contributed by atoms with Gasteiger partial charge in [-0.3, -0.25) is 0 Å². The van der Waals surface area contributed by atoms with Gasteiger partial charge in [-0.25, -0.2) is 0 Å². The maximum absolute atomic E-state index is 6.26. The molecule has 0 heterocycles. The number of ether oxygens (including phenoxy) is 4. The van der Waals surface area contributed by atoms with Crippen LogP contribution in [0.3, 0.4) is 0 Å². The zero-order valence-electron chi connectivity index (χ0n) is 27.7. The SMILES string of the molecule is CCC(C)(C)Oc1ccc(C(C)(C)c2ccc(OC(C)OCC3CCC(COC(C)C(C)(C)CC)CC3)cc2)cc1. The van der Waals surface area contributed by atoms with E-state index in [4.69, 9.17) is 18.9 Å². The zero-order valence-corrected chi connectivity index (χ0v) is 27.7. The highest BCUT2D eigenvalue weighted by Crippen LogP contribution is 2.35. The highest BCUT2D eigenvalue weighted by Gasteiger charge is 2.28. The molecule has 0 saturated heterocycles. The van der Waals surface area contributed by atoms with E-state index >= 15 is 0 Å². The average molecular weight is 567 g/mol. The second kappa shape index (κ2) is 14.4. The first-order valence-electron chi connectivity index (χ1n) is 16.1. The van der Waals surface area contributed by atoms with Crippen LogP contribution < -0.4 is 9.47 Å². The van der Waals surface area contributed by atoms with Crippen molar-refractivity contribution in [3.63, 3.8) is 0 Å². The fraction of sp³-hybridized carbons (Fsp3) is 0.676. The minimum atomic E-state index is -0.271. The van der Waals surface area contributed by atoms with Crippen LogP contribution in [0.5, 0.6) is 11.5 Å². The lowest BCUT2D eigenvalue weighted by Crippen LogP contribution is -2.31. The molecular formula is C37H58O4. The molecule has 0 N–H and O–H groups in total. The molecular weight excluding hydrogens is 508 g/mol. The Hall–Kier alpha value is -2.04. The summed E-state index contributed by atoms with van der Waals surface area (Å²) in [4.78, 5) is 0. The maximum atomic E-state index is 6.26. The fourth-order valence-electron chi connectivity index (χ4n) is 5.30. The molecule has 0 radical (unpaired) electrons. The van der Waals surface area contributed by atoms with Crippen molar-refractivity contribution in [3.05, 3.63) is 59.7 Å². The molecule has 1 aliphatic carbocycles. The summed E-state index contributed by atoms with van der Waals surface area (Å²) in [6.07, 6.45) is 7.01. The molecule has 1 fully saturated rings. The highest BCUT2D eigenvalue weighted by molar-refractivity contribution is 5.42. The predicted molar refractivity (Wildman–Crippen MR) is 171 cm³/mol. The van der Waals surface area contributed by atoms with E-state index < -0.39 is 0 Å². The molecule has 2 aromatic rings. The highest BCUT2D eigenvalue weighted by atomic mass is 16.7. The molecule has 0 aliphatic heterocycles. The van der Waals surface area contributed by atoms with Crippen molar-refractivity contribution < 1.29 is 18.9 Å². The van der Waals surface area contributed by atoms with Crippen LogP contribution in [0.25, 0.3) is 0 Å². The lowest BCUT2D eigenvalue weighted by Gasteiger charge is -2.34. The molecule has 0 bridgehead atoms. The van der Waals surface area contributed by atoms with Gasteiger partial charge in [0.25, 0.3) is 0 Å². The lowest BCUT2D eigenvalue weighted by molar-refractivity contribution is -0.0861. The van der Waals surface area contributed by atoms with Crippen LogP contribution in [0.1, 0.15) is 119 Å². The van der Waals surface area contributed by atoms with E-state index in [1.807, 2.05) is 6.92 Å². The minimum absolute atomic E-state index is 0.131. The summed E-state index contributed by atoms with van der Waals surface area (Å²) < 4.78 is 24.7. The van der Waals surface area contributed by atoms with Crippen LogP contribution in [0.4, 0.5) is 0 Å². The van der Waals surface area contributed by atoms with E-state index in [0.29, 0.717) is 17.9 Å². The van der Waals surface area contributed by atoms with E-state index in [1.165, 1.54) is 36.8 Å². The molecule has 2 unspecified atom stereocenters. The number of benzene rings is 2. The summed E-state index contributed by atoms with van der Waals surface area (Å²) in [7, 11) is 0.